The molecule has 0 aromatic heterocycles. The van der Waals surface area contributed by atoms with Crippen LogP contribution in [0.4, 0.5) is 13.6 Å². The topological polar surface area (TPSA) is 102 Å². The molecule has 2 unspecified atom stereocenters. The van der Waals surface area contributed by atoms with Crippen molar-refractivity contribution in [1.82, 2.24) is 5.32 Å². The molecule has 0 heterocycles. The third-order valence-electron chi connectivity index (χ3n) is 5.43. The number of rotatable bonds is 16. The van der Waals surface area contributed by atoms with Crippen molar-refractivity contribution in [2.75, 3.05) is 6.54 Å². The average Bonchev–Trinajstić information content (AvgIpc) is 2.74. The Bertz CT molecular complexity index is 795. The number of alkyl carbamates (subject to hydrolysis) is 1. The molecule has 0 saturated carbocycles. The summed E-state index contributed by atoms with van der Waals surface area (Å²) in [6.45, 7) is 12.2. The van der Waals surface area contributed by atoms with Gasteiger partial charge in [-0.3, -0.25) is 0 Å². The van der Waals surface area contributed by atoms with Gasteiger partial charge in [0.2, 0.25) is 0 Å². The normalized spacial score (nSPS) is 14.7. The van der Waals surface area contributed by atoms with E-state index in [9.17, 15) is 18.4 Å². The molecule has 8 heteroatoms. The van der Waals surface area contributed by atoms with Gasteiger partial charge in [-0.05, 0) is 86.1 Å². The predicted molar refractivity (Wildman–Crippen MR) is 138 cm³/mol. The van der Waals surface area contributed by atoms with Crippen molar-refractivity contribution in [2.24, 2.45) is 5.73 Å². The number of carbonyl (C=O) groups excluding carboxylic acids is 1. The first-order valence-corrected chi connectivity index (χ1v) is 12.1. The zero-order valence-corrected chi connectivity index (χ0v) is 22.1. The molecule has 35 heavy (non-hydrogen) atoms. The van der Waals surface area contributed by atoms with Crippen LogP contribution in [0.15, 0.2) is 46.6 Å². The minimum atomic E-state index is -3.21. The number of carboxylic acid groups (broad SMARTS) is 1. The van der Waals surface area contributed by atoms with Gasteiger partial charge in [-0.25, -0.2) is 18.4 Å². The quantitative estimate of drug-likeness (QED) is 0.163. The molecule has 0 saturated heterocycles. The SMILES string of the molecule is CC(C)=CCC/C(C)=C/CC(/C=C(\C)CCC=C(C)C)OC(=O)NCCCC(N)(C(=O)O)C(F)F. The largest absolute Gasteiger partial charge is 0.480 e. The van der Waals surface area contributed by atoms with E-state index in [0.29, 0.717) is 6.42 Å². The third-order valence-corrected chi connectivity index (χ3v) is 5.43. The Morgan fingerprint density at radius 1 is 0.971 bits per heavy atom. The molecular weight excluding hydrogens is 454 g/mol. The summed E-state index contributed by atoms with van der Waals surface area (Å²) in [6, 6.07) is 0. The lowest BCUT2D eigenvalue weighted by Crippen LogP contribution is -2.54. The summed E-state index contributed by atoms with van der Waals surface area (Å²) in [5.74, 6) is -1.77. The van der Waals surface area contributed by atoms with Gasteiger partial charge in [-0.2, -0.15) is 0 Å². The third kappa shape index (κ3) is 15.2. The predicted octanol–water partition coefficient (Wildman–Crippen LogP) is 6.68. The van der Waals surface area contributed by atoms with Crippen LogP contribution in [0.25, 0.3) is 0 Å². The highest BCUT2D eigenvalue weighted by atomic mass is 19.3. The summed E-state index contributed by atoms with van der Waals surface area (Å²) in [5.41, 5.74) is 7.49. The van der Waals surface area contributed by atoms with Crippen LogP contribution in [-0.2, 0) is 9.53 Å². The molecule has 0 aliphatic heterocycles. The van der Waals surface area contributed by atoms with Crippen LogP contribution in [0, 0.1) is 0 Å². The molecule has 0 bridgehead atoms. The second kappa shape index (κ2) is 17.0. The van der Waals surface area contributed by atoms with Crippen molar-refractivity contribution >= 4 is 12.1 Å². The first-order chi connectivity index (χ1) is 16.3. The number of ether oxygens (including phenoxy) is 1. The van der Waals surface area contributed by atoms with Crippen molar-refractivity contribution in [2.45, 2.75) is 105 Å². The lowest BCUT2D eigenvalue weighted by Gasteiger charge is -2.23. The summed E-state index contributed by atoms with van der Waals surface area (Å²) in [4.78, 5) is 23.4. The van der Waals surface area contributed by atoms with Crippen LogP contribution in [-0.4, -0.2) is 41.8 Å². The van der Waals surface area contributed by atoms with Gasteiger partial charge in [0.25, 0.3) is 6.43 Å². The van der Waals surface area contributed by atoms with Gasteiger partial charge < -0.3 is 20.9 Å². The second-order valence-electron chi connectivity index (χ2n) is 9.56. The number of amides is 1. The molecule has 0 spiro atoms. The molecule has 2 atom stereocenters. The fourth-order valence-corrected chi connectivity index (χ4v) is 3.21. The molecule has 0 radical (unpaired) electrons. The average molecular weight is 499 g/mol. The smallest absolute Gasteiger partial charge is 0.407 e. The first-order valence-electron chi connectivity index (χ1n) is 12.1. The van der Waals surface area contributed by atoms with Crippen LogP contribution >= 0.6 is 0 Å². The molecule has 0 aromatic carbocycles. The minimum Gasteiger partial charge on any atom is -0.480 e. The number of allylic oxidation sites excluding steroid dienone is 6. The number of halogens is 2. The molecular formula is C27H44F2N2O4. The van der Waals surface area contributed by atoms with Gasteiger partial charge in [0, 0.05) is 13.0 Å². The van der Waals surface area contributed by atoms with Gasteiger partial charge in [-0.15, -0.1) is 0 Å². The summed E-state index contributed by atoms with van der Waals surface area (Å²) in [7, 11) is 0. The number of nitrogens with one attached hydrogen (secondary N) is 1. The molecule has 0 aliphatic carbocycles. The molecule has 1 amide bonds. The van der Waals surface area contributed by atoms with Gasteiger partial charge in [0.05, 0.1) is 0 Å². The zero-order chi connectivity index (χ0) is 27.0. The van der Waals surface area contributed by atoms with Crippen molar-refractivity contribution in [3.8, 4) is 0 Å². The van der Waals surface area contributed by atoms with Crippen molar-refractivity contribution in [3.63, 3.8) is 0 Å². The van der Waals surface area contributed by atoms with Crippen LogP contribution < -0.4 is 11.1 Å². The first kappa shape index (κ1) is 32.5. The van der Waals surface area contributed by atoms with Gasteiger partial charge >= 0.3 is 12.1 Å². The van der Waals surface area contributed by atoms with E-state index in [0.717, 1.165) is 31.3 Å². The maximum Gasteiger partial charge on any atom is 0.407 e. The second-order valence-corrected chi connectivity index (χ2v) is 9.56. The number of carbonyl (C=O) groups is 2. The standard InChI is InChI=1S/C27H44F2N2O4/c1-19(2)10-7-12-21(5)14-15-23(18-22(6)13-8-11-20(3)4)35-26(34)31-17-9-16-27(30,24(28)29)25(32)33/h10-11,14,18,23-24H,7-9,12-13,15-17,30H2,1-6H3,(H,31,34)(H,32,33)/b21-14+,22-18+. The Morgan fingerprint density at radius 2 is 1.51 bits per heavy atom. The van der Waals surface area contributed by atoms with Crippen LogP contribution in [0.1, 0.15) is 86.5 Å². The van der Waals surface area contributed by atoms with Crippen LogP contribution in [0.3, 0.4) is 0 Å². The zero-order valence-electron chi connectivity index (χ0n) is 22.1. The van der Waals surface area contributed by atoms with Gasteiger partial charge in [0.1, 0.15) is 6.10 Å². The lowest BCUT2D eigenvalue weighted by atomic mass is 9.95. The molecule has 0 aliphatic rings. The highest BCUT2D eigenvalue weighted by Crippen LogP contribution is 2.19. The number of alkyl halides is 2. The van der Waals surface area contributed by atoms with Crippen molar-refractivity contribution < 1.29 is 28.2 Å². The fourth-order valence-electron chi connectivity index (χ4n) is 3.21. The number of carboxylic acids is 1. The van der Waals surface area contributed by atoms with E-state index in [1.54, 1.807) is 0 Å². The van der Waals surface area contributed by atoms with Crippen molar-refractivity contribution in [3.05, 3.63) is 46.6 Å². The van der Waals surface area contributed by atoms with E-state index < -0.39 is 36.6 Å². The van der Waals surface area contributed by atoms with E-state index in [-0.39, 0.29) is 13.0 Å². The summed E-state index contributed by atoms with van der Waals surface area (Å²) < 4.78 is 31.5. The van der Waals surface area contributed by atoms with Crippen molar-refractivity contribution in [1.29, 1.82) is 0 Å². The number of hydrogen-bond donors (Lipinski definition) is 3. The van der Waals surface area contributed by atoms with Gasteiger partial charge in [0.15, 0.2) is 5.54 Å². The molecule has 6 nitrogen and oxygen atoms in total. The molecule has 4 N–H and O–H groups in total. The summed E-state index contributed by atoms with van der Waals surface area (Å²) in [6.07, 6.45) is 7.60. The molecule has 0 rings (SSSR count). The van der Waals surface area contributed by atoms with E-state index in [4.69, 9.17) is 15.6 Å². The van der Waals surface area contributed by atoms with E-state index in [1.807, 2.05) is 33.8 Å². The highest BCUT2D eigenvalue weighted by molar-refractivity contribution is 5.79. The minimum absolute atomic E-state index is 0.0200. The Balaban J connectivity index is 5.05. The molecule has 0 aromatic rings. The number of nitrogens with two attached hydrogens (primary N) is 1. The Morgan fingerprint density at radius 3 is 2.00 bits per heavy atom. The van der Waals surface area contributed by atoms with E-state index in [2.05, 4.69) is 37.4 Å². The number of aliphatic carboxylic acids is 1. The van der Waals surface area contributed by atoms with Crippen LogP contribution in [0.5, 0.6) is 0 Å². The Labute approximate surface area is 209 Å². The molecule has 0 fully saturated rings. The summed E-state index contributed by atoms with van der Waals surface area (Å²) >= 11 is 0. The molecule has 200 valence electrons. The Hall–Kier alpha value is -2.48. The van der Waals surface area contributed by atoms with E-state index >= 15 is 0 Å². The lowest BCUT2D eigenvalue weighted by molar-refractivity contribution is -0.150. The Kier molecular flexibility index (Phi) is 15.8. The monoisotopic (exact) mass is 498 g/mol. The maximum absolute atomic E-state index is 13.0. The fraction of sp³-hybridized carbons (Fsp3) is 0.630. The summed E-state index contributed by atoms with van der Waals surface area (Å²) in [5, 5.41) is 11.5. The van der Waals surface area contributed by atoms with Gasteiger partial charge in [-0.1, -0.05) is 40.5 Å². The van der Waals surface area contributed by atoms with Crippen LogP contribution in [0.2, 0.25) is 0 Å². The maximum atomic E-state index is 13.0. The number of hydrogen-bond acceptors (Lipinski definition) is 4. The highest BCUT2D eigenvalue weighted by Gasteiger charge is 2.43. The van der Waals surface area contributed by atoms with E-state index in [1.165, 1.54) is 16.7 Å².